The number of piperazine rings is 1. The number of aromatic nitrogens is 1. The van der Waals surface area contributed by atoms with Gasteiger partial charge in [-0.25, -0.2) is 9.37 Å². The summed E-state index contributed by atoms with van der Waals surface area (Å²) < 4.78 is 18.8. The van der Waals surface area contributed by atoms with Crippen molar-refractivity contribution in [2.45, 2.75) is 33.0 Å². The average molecular weight is 485 g/mol. The summed E-state index contributed by atoms with van der Waals surface area (Å²) in [4.78, 5) is 12.5. The molecule has 5 nitrogen and oxygen atoms in total. The molecule has 0 radical (unpaired) electrons. The molecule has 182 valence electrons. The highest BCUT2D eigenvalue weighted by Crippen LogP contribution is 2.28. The minimum absolute atomic E-state index is 0. The minimum atomic E-state index is -0.174. The number of ether oxygens (including phenoxy) is 1. The van der Waals surface area contributed by atoms with Crippen LogP contribution < -0.4 is 4.90 Å². The van der Waals surface area contributed by atoms with Gasteiger partial charge in [0.15, 0.2) is 0 Å². The number of morpholine rings is 1. The fraction of sp³-hybridized carbons (Fsp3) is 0.444. The number of hydrogen-bond acceptors (Lipinski definition) is 5. The van der Waals surface area contributed by atoms with E-state index in [0.717, 1.165) is 70.4 Å². The Hall–Kier alpha value is -2.25. The number of fused-ring (bicyclic) bond motifs is 1. The van der Waals surface area contributed by atoms with Crippen LogP contribution in [0.5, 0.6) is 0 Å². The van der Waals surface area contributed by atoms with Gasteiger partial charge in [0.1, 0.15) is 11.6 Å². The Bertz CT molecular complexity index is 1100. The smallest absolute Gasteiger partial charge is 0.133 e. The second-order valence-electron chi connectivity index (χ2n) is 9.45. The van der Waals surface area contributed by atoms with Crippen LogP contribution in [0.2, 0.25) is 0 Å². The van der Waals surface area contributed by atoms with Gasteiger partial charge < -0.3 is 9.64 Å². The second-order valence-corrected chi connectivity index (χ2v) is 9.45. The van der Waals surface area contributed by atoms with Gasteiger partial charge in [-0.1, -0.05) is 23.8 Å². The molecule has 0 unspecified atom stereocenters. The lowest BCUT2D eigenvalue weighted by atomic mass is 10.1. The van der Waals surface area contributed by atoms with Crippen molar-refractivity contribution >= 4 is 29.1 Å². The zero-order valence-corrected chi connectivity index (χ0v) is 20.9. The normalized spacial score (nSPS) is 19.9. The Morgan fingerprint density at radius 1 is 0.971 bits per heavy atom. The molecule has 0 spiro atoms. The number of pyridine rings is 1. The Balaban J connectivity index is 0.00000274. The molecule has 7 heteroatoms. The average Bonchev–Trinajstić information content (AvgIpc) is 2.82. The molecular weight excluding hydrogens is 451 g/mol. The number of hydrogen-bond donors (Lipinski definition) is 0. The maximum absolute atomic E-state index is 13.2. The van der Waals surface area contributed by atoms with E-state index in [1.54, 1.807) is 12.1 Å². The maximum Gasteiger partial charge on any atom is 0.133 e. The third-order valence-electron chi connectivity index (χ3n) is 6.88. The van der Waals surface area contributed by atoms with Crippen LogP contribution in [0.4, 0.5) is 10.2 Å². The maximum atomic E-state index is 13.2. The van der Waals surface area contributed by atoms with Gasteiger partial charge in [0.25, 0.3) is 0 Å². The van der Waals surface area contributed by atoms with Gasteiger partial charge in [0.05, 0.1) is 18.7 Å². The zero-order chi connectivity index (χ0) is 22.8. The number of rotatable bonds is 5. The lowest BCUT2D eigenvalue weighted by Crippen LogP contribution is -2.51. The molecule has 0 amide bonds. The van der Waals surface area contributed by atoms with Crippen LogP contribution in [0.1, 0.15) is 23.6 Å². The summed E-state index contributed by atoms with van der Waals surface area (Å²) in [6.45, 7) is 12.5. The standard InChI is InChI=1S/C27H33FN4O.ClH/c1-20-3-8-26-23(15-20)16-24(27(29-26)31-11-13-33-14-12-31)19-32-10-9-30(17-21(32)2)18-22-4-6-25(28)7-5-22;/h3-8,15-16,21H,9-14,17-19H2,1-2H3;1H/t21-;/m1./s1. The van der Waals surface area contributed by atoms with E-state index in [2.05, 4.69) is 52.8 Å². The monoisotopic (exact) mass is 484 g/mol. The summed E-state index contributed by atoms with van der Waals surface area (Å²) in [6.07, 6.45) is 0. The molecule has 0 saturated carbocycles. The highest BCUT2D eigenvalue weighted by atomic mass is 35.5. The molecule has 2 saturated heterocycles. The third-order valence-corrected chi connectivity index (χ3v) is 6.88. The summed E-state index contributed by atoms with van der Waals surface area (Å²) in [7, 11) is 0. The lowest BCUT2D eigenvalue weighted by Gasteiger charge is -2.40. The lowest BCUT2D eigenvalue weighted by molar-refractivity contribution is 0.0731. The van der Waals surface area contributed by atoms with Gasteiger partial charge in [-0.2, -0.15) is 0 Å². The molecule has 0 N–H and O–H groups in total. The predicted octanol–water partition coefficient (Wildman–Crippen LogP) is 4.65. The van der Waals surface area contributed by atoms with E-state index in [1.165, 1.54) is 22.1 Å². The summed E-state index contributed by atoms with van der Waals surface area (Å²) in [5.74, 6) is 0.933. The Labute approximate surface area is 207 Å². The van der Waals surface area contributed by atoms with Crippen LogP contribution in [0.25, 0.3) is 10.9 Å². The van der Waals surface area contributed by atoms with Gasteiger partial charge in [-0.05, 0) is 49.7 Å². The molecule has 1 aromatic heterocycles. The minimum Gasteiger partial charge on any atom is -0.378 e. The summed E-state index contributed by atoms with van der Waals surface area (Å²) in [5.41, 5.74) is 4.79. The van der Waals surface area contributed by atoms with Crippen molar-refractivity contribution in [3.63, 3.8) is 0 Å². The van der Waals surface area contributed by atoms with Crippen molar-refractivity contribution in [1.82, 2.24) is 14.8 Å². The van der Waals surface area contributed by atoms with Crippen molar-refractivity contribution < 1.29 is 9.13 Å². The fourth-order valence-electron chi connectivity index (χ4n) is 5.01. The van der Waals surface area contributed by atoms with E-state index in [9.17, 15) is 4.39 Å². The van der Waals surface area contributed by atoms with Crippen molar-refractivity contribution in [3.05, 3.63) is 71.0 Å². The molecule has 2 aliphatic rings. The van der Waals surface area contributed by atoms with Crippen LogP contribution in [0.15, 0.2) is 48.5 Å². The van der Waals surface area contributed by atoms with Gasteiger partial charge >= 0.3 is 0 Å². The van der Waals surface area contributed by atoms with Crippen LogP contribution in [-0.2, 0) is 17.8 Å². The molecule has 3 heterocycles. The van der Waals surface area contributed by atoms with Crippen LogP contribution in [0.3, 0.4) is 0 Å². The van der Waals surface area contributed by atoms with E-state index in [0.29, 0.717) is 6.04 Å². The van der Waals surface area contributed by atoms with Crippen LogP contribution in [-0.4, -0.2) is 66.8 Å². The molecule has 2 aromatic carbocycles. The SMILES string of the molecule is Cc1ccc2nc(N3CCOCC3)c(CN3CCN(Cc4ccc(F)cc4)C[C@H]3C)cc2c1.Cl. The van der Waals surface area contributed by atoms with E-state index >= 15 is 0 Å². The zero-order valence-electron chi connectivity index (χ0n) is 20.0. The summed E-state index contributed by atoms with van der Waals surface area (Å²) >= 11 is 0. The van der Waals surface area contributed by atoms with Gasteiger partial charge in [0.2, 0.25) is 0 Å². The van der Waals surface area contributed by atoms with Gasteiger partial charge in [-0.3, -0.25) is 9.80 Å². The first-order chi connectivity index (χ1) is 16.0. The van der Waals surface area contributed by atoms with Crippen molar-refractivity contribution in [3.8, 4) is 0 Å². The Morgan fingerprint density at radius 3 is 2.47 bits per heavy atom. The van der Waals surface area contributed by atoms with Crippen molar-refractivity contribution in [2.24, 2.45) is 0 Å². The predicted molar refractivity (Wildman–Crippen MR) is 138 cm³/mol. The first-order valence-corrected chi connectivity index (χ1v) is 12.0. The molecule has 0 aliphatic carbocycles. The molecule has 2 fully saturated rings. The Kier molecular flexibility index (Phi) is 8.04. The van der Waals surface area contributed by atoms with E-state index < -0.39 is 0 Å². The molecule has 0 bridgehead atoms. The number of halogens is 2. The first kappa shape index (κ1) is 24.9. The summed E-state index contributed by atoms with van der Waals surface area (Å²) in [6, 6.07) is 16.2. The van der Waals surface area contributed by atoms with Gasteiger partial charge in [0, 0.05) is 62.8 Å². The number of anilines is 1. The number of nitrogens with zero attached hydrogens (tertiary/aromatic N) is 4. The van der Waals surface area contributed by atoms with E-state index in [4.69, 9.17) is 9.72 Å². The first-order valence-electron chi connectivity index (χ1n) is 12.0. The second kappa shape index (κ2) is 11.0. The molecular formula is C27H34ClFN4O. The van der Waals surface area contributed by atoms with E-state index in [1.807, 2.05) is 12.1 Å². The fourth-order valence-corrected chi connectivity index (χ4v) is 5.01. The molecule has 3 aromatic rings. The van der Waals surface area contributed by atoms with Gasteiger partial charge in [-0.15, -0.1) is 12.4 Å². The number of aryl methyl sites for hydroxylation is 1. The summed E-state index contributed by atoms with van der Waals surface area (Å²) in [5, 5.41) is 1.21. The van der Waals surface area contributed by atoms with Crippen LogP contribution >= 0.6 is 12.4 Å². The molecule has 5 rings (SSSR count). The largest absolute Gasteiger partial charge is 0.378 e. The van der Waals surface area contributed by atoms with Crippen molar-refractivity contribution in [1.29, 1.82) is 0 Å². The molecule has 34 heavy (non-hydrogen) atoms. The molecule has 1 atom stereocenters. The quantitative estimate of drug-likeness (QED) is 0.526. The highest BCUT2D eigenvalue weighted by Gasteiger charge is 2.26. The van der Waals surface area contributed by atoms with Crippen LogP contribution in [0, 0.1) is 12.7 Å². The Morgan fingerprint density at radius 2 is 1.74 bits per heavy atom. The molecule has 2 aliphatic heterocycles. The highest BCUT2D eigenvalue weighted by molar-refractivity contribution is 5.85. The van der Waals surface area contributed by atoms with E-state index in [-0.39, 0.29) is 18.2 Å². The number of benzene rings is 2. The third kappa shape index (κ3) is 5.69. The van der Waals surface area contributed by atoms with Crippen molar-refractivity contribution in [2.75, 3.05) is 50.8 Å². The topological polar surface area (TPSA) is 31.8 Å².